The number of carbonyl (C=O) groups excluding carboxylic acids is 1. The highest BCUT2D eigenvalue weighted by Gasteiger charge is 2.29. The van der Waals surface area contributed by atoms with Gasteiger partial charge in [-0.15, -0.1) is 0 Å². The molecule has 0 radical (unpaired) electrons. The van der Waals surface area contributed by atoms with Gasteiger partial charge in [0.05, 0.1) is 4.90 Å². The average Bonchev–Trinajstić information content (AvgIpc) is 3.24. The number of hydrogen-bond acceptors (Lipinski definition) is 5. The lowest BCUT2D eigenvalue weighted by Gasteiger charge is -2.25. The summed E-state index contributed by atoms with van der Waals surface area (Å²) in [5.41, 5.74) is 0.503. The van der Waals surface area contributed by atoms with Gasteiger partial charge in [0, 0.05) is 18.8 Å². The minimum Gasteiger partial charge on any atom is -0.485 e. The number of rotatable bonds is 4. The van der Waals surface area contributed by atoms with Gasteiger partial charge in [0.15, 0.2) is 11.5 Å². The number of sulfonamides is 1. The highest BCUT2D eigenvalue weighted by molar-refractivity contribution is 7.89. The summed E-state index contributed by atoms with van der Waals surface area (Å²) in [4.78, 5) is 12.7. The molecule has 0 bridgehead atoms. The van der Waals surface area contributed by atoms with Crippen molar-refractivity contribution < 1.29 is 22.7 Å². The van der Waals surface area contributed by atoms with E-state index in [2.05, 4.69) is 5.32 Å². The molecule has 2 heterocycles. The van der Waals surface area contributed by atoms with Gasteiger partial charge in [-0.1, -0.05) is 12.1 Å². The Labute approximate surface area is 157 Å². The molecule has 1 N–H and O–H groups in total. The zero-order valence-electron chi connectivity index (χ0n) is 14.6. The molecule has 1 amide bonds. The Bertz CT molecular complexity index is 937. The van der Waals surface area contributed by atoms with Crippen molar-refractivity contribution in [2.75, 3.05) is 25.0 Å². The van der Waals surface area contributed by atoms with Crippen molar-refractivity contribution in [3.05, 3.63) is 48.5 Å². The van der Waals surface area contributed by atoms with Gasteiger partial charge in [0.25, 0.3) is 5.91 Å². The van der Waals surface area contributed by atoms with Crippen LogP contribution in [0, 0.1) is 0 Å². The summed E-state index contributed by atoms with van der Waals surface area (Å²) in [6.45, 7) is 1.23. The Morgan fingerprint density at radius 1 is 1.00 bits per heavy atom. The quantitative estimate of drug-likeness (QED) is 0.868. The minimum absolute atomic E-state index is 0.115. The molecule has 2 aromatic rings. The zero-order valence-corrected chi connectivity index (χ0v) is 15.4. The van der Waals surface area contributed by atoms with Crippen LogP contribution in [0.3, 0.4) is 0 Å². The van der Waals surface area contributed by atoms with Gasteiger partial charge in [-0.2, -0.15) is 4.31 Å². The molecule has 0 spiro atoms. The molecule has 0 unspecified atom stereocenters. The summed E-state index contributed by atoms with van der Waals surface area (Å²) >= 11 is 0. The molecule has 2 aromatic carbocycles. The van der Waals surface area contributed by atoms with Crippen molar-refractivity contribution in [3.8, 4) is 11.5 Å². The first-order valence-electron chi connectivity index (χ1n) is 8.83. The van der Waals surface area contributed by atoms with E-state index in [9.17, 15) is 13.2 Å². The first kappa shape index (κ1) is 17.8. The van der Waals surface area contributed by atoms with Crippen LogP contribution >= 0.6 is 0 Å². The van der Waals surface area contributed by atoms with E-state index in [0.717, 1.165) is 12.8 Å². The Balaban J connectivity index is 1.42. The molecular weight excluding hydrogens is 368 g/mol. The molecule has 8 heteroatoms. The molecule has 4 rings (SSSR count). The molecule has 2 aliphatic heterocycles. The van der Waals surface area contributed by atoms with Crippen molar-refractivity contribution in [1.29, 1.82) is 0 Å². The van der Waals surface area contributed by atoms with Gasteiger partial charge >= 0.3 is 0 Å². The summed E-state index contributed by atoms with van der Waals surface area (Å²) in [6, 6.07) is 13.3. The van der Waals surface area contributed by atoms with Crippen molar-refractivity contribution >= 4 is 21.6 Å². The molecule has 1 saturated heterocycles. The maximum Gasteiger partial charge on any atom is 0.269 e. The molecule has 0 saturated carbocycles. The van der Waals surface area contributed by atoms with Crippen molar-refractivity contribution in [2.24, 2.45) is 0 Å². The van der Waals surface area contributed by atoms with E-state index >= 15 is 0 Å². The summed E-state index contributed by atoms with van der Waals surface area (Å²) in [5, 5.41) is 2.74. The topological polar surface area (TPSA) is 84.9 Å². The van der Waals surface area contributed by atoms with Crippen LogP contribution in [-0.2, 0) is 14.8 Å². The minimum atomic E-state index is -3.46. The average molecular weight is 388 g/mol. The SMILES string of the molecule is O=C(Nc1ccc(S(=O)(=O)N2CCCC2)cc1)[C@H]1COc2ccccc2O1. The first-order valence-corrected chi connectivity index (χ1v) is 10.3. The maximum absolute atomic E-state index is 12.5. The number of fused-ring (bicyclic) bond motifs is 1. The van der Waals surface area contributed by atoms with Gasteiger partial charge in [-0.25, -0.2) is 8.42 Å². The van der Waals surface area contributed by atoms with Gasteiger partial charge in [0.1, 0.15) is 6.61 Å². The first-order chi connectivity index (χ1) is 13.0. The summed E-state index contributed by atoms with van der Waals surface area (Å²) in [6.07, 6.45) is 1.01. The smallest absolute Gasteiger partial charge is 0.269 e. The Kier molecular flexibility index (Phi) is 4.75. The van der Waals surface area contributed by atoms with E-state index in [-0.39, 0.29) is 17.4 Å². The number of amides is 1. The highest BCUT2D eigenvalue weighted by atomic mass is 32.2. The van der Waals surface area contributed by atoms with E-state index < -0.39 is 16.1 Å². The third-order valence-electron chi connectivity index (χ3n) is 4.63. The van der Waals surface area contributed by atoms with Crippen LogP contribution in [0.25, 0.3) is 0 Å². The molecular formula is C19H20N2O5S. The third kappa shape index (κ3) is 3.63. The number of ether oxygens (including phenoxy) is 2. The number of benzene rings is 2. The number of para-hydroxylation sites is 2. The van der Waals surface area contributed by atoms with Crippen LogP contribution < -0.4 is 14.8 Å². The lowest BCUT2D eigenvalue weighted by molar-refractivity contribution is -0.125. The fraction of sp³-hybridized carbons (Fsp3) is 0.316. The molecule has 142 valence electrons. The fourth-order valence-corrected chi connectivity index (χ4v) is 4.68. The lowest BCUT2D eigenvalue weighted by atomic mass is 10.2. The van der Waals surface area contributed by atoms with Crippen molar-refractivity contribution in [1.82, 2.24) is 4.31 Å². The van der Waals surface area contributed by atoms with E-state index in [4.69, 9.17) is 9.47 Å². The van der Waals surface area contributed by atoms with Crippen LogP contribution in [0.15, 0.2) is 53.4 Å². The largest absolute Gasteiger partial charge is 0.485 e. The Morgan fingerprint density at radius 3 is 2.37 bits per heavy atom. The second-order valence-corrected chi connectivity index (χ2v) is 8.43. The van der Waals surface area contributed by atoms with E-state index in [1.165, 1.54) is 16.4 Å². The molecule has 0 aromatic heterocycles. The standard InChI is InChI=1S/C19H20N2O5S/c22-19(18-13-25-16-5-1-2-6-17(16)26-18)20-14-7-9-15(10-8-14)27(23,24)21-11-3-4-12-21/h1-2,5-10,18H,3-4,11-13H2,(H,20,22)/t18-/m1/s1. The van der Waals surface area contributed by atoms with E-state index in [1.807, 2.05) is 12.1 Å². The molecule has 0 aliphatic carbocycles. The number of nitrogens with one attached hydrogen (secondary N) is 1. The van der Waals surface area contributed by atoms with Crippen LogP contribution in [0.5, 0.6) is 11.5 Å². The second-order valence-electron chi connectivity index (χ2n) is 6.49. The Morgan fingerprint density at radius 2 is 1.67 bits per heavy atom. The maximum atomic E-state index is 12.5. The highest BCUT2D eigenvalue weighted by Crippen LogP contribution is 2.31. The van der Waals surface area contributed by atoms with E-state index in [1.54, 1.807) is 24.3 Å². The summed E-state index contributed by atoms with van der Waals surface area (Å²) in [5.74, 6) is 0.786. The molecule has 7 nitrogen and oxygen atoms in total. The lowest BCUT2D eigenvalue weighted by Crippen LogP contribution is -2.40. The van der Waals surface area contributed by atoms with Crippen molar-refractivity contribution in [2.45, 2.75) is 23.8 Å². The zero-order chi connectivity index (χ0) is 18.9. The molecule has 1 fully saturated rings. The van der Waals surface area contributed by atoms with Gasteiger partial charge in [0.2, 0.25) is 16.1 Å². The van der Waals surface area contributed by atoms with Crippen molar-refractivity contribution in [3.63, 3.8) is 0 Å². The monoisotopic (exact) mass is 388 g/mol. The predicted octanol–water partition coefficient (Wildman–Crippen LogP) is 2.25. The fourth-order valence-electron chi connectivity index (χ4n) is 3.16. The third-order valence-corrected chi connectivity index (χ3v) is 6.54. The number of hydrogen-bond donors (Lipinski definition) is 1. The Hall–Kier alpha value is -2.58. The molecule has 2 aliphatic rings. The van der Waals surface area contributed by atoms with Crippen LogP contribution in [0.1, 0.15) is 12.8 Å². The predicted molar refractivity (Wildman–Crippen MR) is 99.4 cm³/mol. The molecule has 1 atom stereocenters. The number of carbonyl (C=O) groups is 1. The summed E-state index contributed by atoms with van der Waals surface area (Å²) in [7, 11) is -3.46. The van der Waals surface area contributed by atoms with Gasteiger partial charge < -0.3 is 14.8 Å². The van der Waals surface area contributed by atoms with E-state index in [0.29, 0.717) is 30.3 Å². The second kappa shape index (κ2) is 7.21. The van der Waals surface area contributed by atoms with Crippen LogP contribution in [0.2, 0.25) is 0 Å². The van der Waals surface area contributed by atoms with Crippen LogP contribution in [-0.4, -0.2) is 44.4 Å². The molecule has 27 heavy (non-hydrogen) atoms. The summed E-state index contributed by atoms with van der Waals surface area (Å²) < 4.78 is 37.8. The van der Waals surface area contributed by atoms with Gasteiger partial charge in [-0.05, 0) is 49.2 Å². The van der Waals surface area contributed by atoms with Crippen LogP contribution in [0.4, 0.5) is 5.69 Å². The number of nitrogens with zero attached hydrogens (tertiary/aromatic N) is 1. The van der Waals surface area contributed by atoms with Gasteiger partial charge in [-0.3, -0.25) is 4.79 Å². The normalized spacial score (nSPS) is 19.6. The number of anilines is 1.